The Balaban J connectivity index is 1.98. The number of rotatable bonds is 2. The van der Waals surface area contributed by atoms with E-state index >= 15 is 0 Å². The van der Waals surface area contributed by atoms with Gasteiger partial charge >= 0.3 is 6.09 Å². The molecule has 3 atom stereocenters. The van der Waals surface area contributed by atoms with Gasteiger partial charge in [0, 0.05) is 12.5 Å². The highest BCUT2D eigenvalue weighted by molar-refractivity contribution is 5.68. The molecule has 5 heteroatoms. The fraction of sp³-hybridized carbons (Fsp3) is 0.611. The van der Waals surface area contributed by atoms with Crippen molar-refractivity contribution in [1.29, 1.82) is 0 Å². The zero-order valence-electron chi connectivity index (χ0n) is 13.8. The lowest BCUT2D eigenvalue weighted by Gasteiger charge is -2.52. The standard InChI is InChI=1S/C18H25NO4/c1-22-14-8-6-13(7-9-14)16-15-5-3-4-10-18(15,21)11-12-19(16)17(20)23-2/h6-9,15-16,21H,3-5,10-12H2,1-2H3/t15-,16+,18+/m0/s1. The Hall–Kier alpha value is -1.75. The molecule has 1 saturated carbocycles. The van der Waals surface area contributed by atoms with Crippen molar-refractivity contribution >= 4 is 6.09 Å². The third-order valence-electron chi connectivity index (χ3n) is 5.43. The zero-order valence-corrected chi connectivity index (χ0v) is 13.8. The summed E-state index contributed by atoms with van der Waals surface area (Å²) in [5, 5.41) is 11.1. The molecule has 1 aliphatic heterocycles. The van der Waals surface area contributed by atoms with Crippen LogP contribution in [0.2, 0.25) is 0 Å². The number of fused-ring (bicyclic) bond motifs is 1. The van der Waals surface area contributed by atoms with Gasteiger partial charge in [-0.25, -0.2) is 4.79 Å². The number of ether oxygens (including phenoxy) is 2. The van der Waals surface area contributed by atoms with Crippen molar-refractivity contribution in [3.63, 3.8) is 0 Å². The summed E-state index contributed by atoms with van der Waals surface area (Å²) < 4.78 is 10.2. The first-order valence-electron chi connectivity index (χ1n) is 8.30. The number of piperidine rings is 1. The lowest BCUT2D eigenvalue weighted by atomic mass is 9.66. The number of amides is 1. The third kappa shape index (κ3) is 2.90. The number of aliphatic hydroxyl groups is 1. The zero-order chi connectivity index (χ0) is 16.4. The van der Waals surface area contributed by atoms with Crippen LogP contribution >= 0.6 is 0 Å². The maximum atomic E-state index is 12.2. The smallest absolute Gasteiger partial charge is 0.410 e. The van der Waals surface area contributed by atoms with E-state index in [2.05, 4.69) is 0 Å². The highest BCUT2D eigenvalue weighted by Crippen LogP contribution is 2.49. The van der Waals surface area contributed by atoms with Gasteiger partial charge in [-0.05, 0) is 37.0 Å². The molecule has 23 heavy (non-hydrogen) atoms. The van der Waals surface area contributed by atoms with E-state index in [1.807, 2.05) is 24.3 Å². The van der Waals surface area contributed by atoms with Gasteiger partial charge in [0.1, 0.15) is 5.75 Å². The number of hydrogen-bond donors (Lipinski definition) is 1. The van der Waals surface area contributed by atoms with Crippen molar-refractivity contribution < 1.29 is 19.4 Å². The first kappa shape index (κ1) is 16.1. The number of benzene rings is 1. The minimum atomic E-state index is -0.673. The quantitative estimate of drug-likeness (QED) is 0.910. The van der Waals surface area contributed by atoms with E-state index in [0.29, 0.717) is 13.0 Å². The summed E-state index contributed by atoms with van der Waals surface area (Å²) in [6, 6.07) is 7.63. The van der Waals surface area contributed by atoms with Crippen LogP contribution in [0, 0.1) is 5.92 Å². The normalized spacial score (nSPS) is 30.5. The maximum absolute atomic E-state index is 12.2. The Bertz CT molecular complexity index is 559. The summed E-state index contributed by atoms with van der Waals surface area (Å²) in [6.07, 6.45) is 4.20. The van der Waals surface area contributed by atoms with Crippen LogP contribution in [0.25, 0.3) is 0 Å². The van der Waals surface area contributed by atoms with Crippen LogP contribution in [0.4, 0.5) is 4.79 Å². The minimum absolute atomic E-state index is 0.0532. The van der Waals surface area contributed by atoms with Crippen molar-refractivity contribution in [3.8, 4) is 5.75 Å². The predicted octanol–water partition coefficient (Wildman–Crippen LogP) is 3.13. The van der Waals surface area contributed by atoms with Crippen LogP contribution in [-0.2, 0) is 4.74 Å². The molecule has 1 heterocycles. The average molecular weight is 319 g/mol. The third-order valence-corrected chi connectivity index (χ3v) is 5.43. The SMILES string of the molecule is COC(=O)N1CC[C@]2(O)CCCC[C@H]2[C@H]1c1ccc(OC)cc1. The molecule has 1 aromatic carbocycles. The molecule has 1 saturated heterocycles. The molecule has 0 aromatic heterocycles. The highest BCUT2D eigenvalue weighted by Gasteiger charge is 2.50. The number of nitrogens with zero attached hydrogens (tertiary/aromatic N) is 1. The molecule has 1 amide bonds. The molecule has 5 nitrogen and oxygen atoms in total. The molecule has 2 fully saturated rings. The molecule has 3 rings (SSSR count). The van der Waals surface area contributed by atoms with Crippen molar-refractivity contribution in [3.05, 3.63) is 29.8 Å². The van der Waals surface area contributed by atoms with E-state index in [4.69, 9.17) is 9.47 Å². The van der Waals surface area contributed by atoms with Crippen LogP contribution < -0.4 is 4.74 Å². The van der Waals surface area contributed by atoms with Crippen molar-refractivity contribution in [1.82, 2.24) is 4.90 Å². The van der Waals surface area contributed by atoms with Crippen molar-refractivity contribution in [2.24, 2.45) is 5.92 Å². The summed E-state index contributed by atoms with van der Waals surface area (Å²) in [5.41, 5.74) is 0.356. The molecule has 1 aliphatic carbocycles. The molecule has 1 N–H and O–H groups in total. The van der Waals surface area contributed by atoms with Gasteiger partial charge < -0.3 is 19.5 Å². The Morgan fingerprint density at radius 1 is 1.22 bits per heavy atom. The molecular weight excluding hydrogens is 294 g/mol. The number of carbonyl (C=O) groups excluding carboxylic acids is 1. The van der Waals surface area contributed by atoms with Gasteiger partial charge in [-0.1, -0.05) is 25.0 Å². The number of likely N-dealkylation sites (tertiary alicyclic amines) is 1. The van der Waals surface area contributed by atoms with E-state index in [1.165, 1.54) is 7.11 Å². The second-order valence-corrected chi connectivity index (χ2v) is 6.59. The molecule has 1 aromatic rings. The number of hydrogen-bond acceptors (Lipinski definition) is 4. The van der Waals surface area contributed by atoms with E-state index < -0.39 is 5.60 Å². The van der Waals surface area contributed by atoms with Gasteiger partial charge in [-0.2, -0.15) is 0 Å². The van der Waals surface area contributed by atoms with Gasteiger partial charge in [-0.15, -0.1) is 0 Å². The Morgan fingerprint density at radius 2 is 1.96 bits per heavy atom. The molecule has 0 radical (unpaired) electrons. The van der Waals surface area contributed by atoms with E-state index in [1.54, 1.807) is 12.0 Å². The molecule has 2 aliphatic rings. The lowest BCUT2D eigenvalue weighted by molar-refractivity contribution is -0.117. The van der Waals surface area contributed by atoms with Gasteiger partial charge in [0.05, 0.1) is 25.9 Å². The maximum Gasteiger partial charge on any atom is 0.410 e. The predicted molar refractivity (Wildman–Crippen MR) is 86.4 cm³/mol. The van der Waals surface area contributed by atoms with Gasteiger partial charge in [0.2, 0.25) is 0 Å². The van der Waals surface area contributed by atoms with E-state index in [0.717, 1.165) is 37.0 Å². The fourth-order valence-electron chi connectivity index (χ4n) is 4.22. The molecule has 0 unspecified atom stereocenters. The van der Waals surface area contributed by atoms with Gasteiger partial charge in [0.25, 0.3) is 0 Å². The molecular formula is C18H25NO4. The Labute approximate surface area is 137 Å². The summed E-state index contributed by atoms with van der Waals surface area (Å²) in [5.74, 6) is 0.838. The second-order valence-electron chi connectivity index (χ2n) is 6.59. The van der Waals surface area contributed by atoms with Gasteiger partial charge in [-0.3, -0.25) is 0 Å². The van der Waals surface area contributed by atoms with Crippen LogP contribution in [0.5, 0.6) is 5.75 Å². The van der Waals surface area contributed by atoms with Crippen LogP contribution in [0.1, 0.15) is 43.7 Å². The monoisotopic (exact) mass is 319 g/mol. The first-order valence-corrected chi connectivity index (χ1v) is 8.30. The average Bonchev–Trinajstić information content (AvgIpc) is 2.59. The highest BCUT2D eigenvalue weighted by atomic mass is 16.5. The van der Waals surface area contributed by atoms with Crippen molar-refractivity contribution in [2.75, 3.05) is 20.8 Å². The first-order chi connectivity index (χ1) is 11.1. The topological polar surface area (TPSA) is 59.0 Å². The number of carbonyl (C=O) groups is 1. The van der Waals surface area contributed by atoms with Crippen LogP contribution in [-0.4, -0.2) is 42.5 Å². The fourth-order valence-corrected chi connectivity index (χ4v) is 4.22. The lowest BCUT2D eigenvalue weighted by Crippen LogP contribution is -2.56. The summed E-state index contributed by atoms with van der Waals surface area (Å²) in [6.45, 7) is 0.524. The van der Waals surface area contributed by atoms with Crippen molar-refractivity contribution in [2.45, 2.75) is 43.7 Å². The summed E-state index contributed by atoms with van der Waals surface area (Å²) in [7, 11) is 3.05. The minimum Gasteiger partial charge on any atom is -0.497 e. The van der Waals surface area contributed by atoms with Crippen LogP contribution in [0.3, 0.4) is 0 Å². The Kier molecular flexibility index (Phi) is 4.48. The van der Waals surface area contributed by atoms with Crippen LogP contribution in [0.15, 0.2) is 24.3 Å². The van der Waals surface area contributed by atoms with E-state index in [9.17, 15) is 9.90 Å². The number of methoxy groups -OCH3 is 2. The molecule has 0 spiro atoms. The summed E-state index contributed by atoms with van der Waals surface area (Å²) >= 11 is 0. The molecule has 126 valence electrons. The Morgan fingerprint density at radius 3 is 2.61 bits per heavy atom. The van der Waals surface area contributed by atoms with Gasteiger partial charge in [0.15, 0.2) is 0 Å². The molecule has 0 bridgehead atoms. The second kappa shape index (κ2) is 6.40. The van der Waals surface area contributed by atoms with E-state index in [-0.39, 0.29) is 18.1 Å². The largest absolute Gasteiger partial charge is 0.497 e. The summed E-state index contributed by atoms with van der Waals surface area (Å²) in [4.78, 5) is 14.0.